The summed E-state index contributed by atoms with van der Waals surface area (Å²) in [5.74, 6) is -0.185. The van der Waals surface area contributed by atoms with Crippen LogP contribution in [0.1, 0.15) is 25.3 Å². The predicted octanol–water partition coefficient (Wildman–Crippen LogP) is 3.93. The average Bonchev–Trinajstić information content (AvgIpc) is 2.07. The fourth-order valence-corrected chi connectivity index (χ4v) is 1.50. The maximum atomic E-state index is 12.8. The number of aryl methyl sites for hydroxylation is 1. The Kier molecular flexibility index (Phi) is 3.73. The van der Waals surface area contributed by atoms with Crippen molar-refractivity contribution < 1.29 is 4.39 Å². The van der Waals surface area contributed by atoms with E-state index < -0.39 is 0 Å². The van der Waals surface area contributed by atoms with Crippen molar-refractivity contribution in [2.75, 3.05) is 0 Å². The molecule has 1 aromatic rings. The first kappa shape index (κ1) is 9.72. The predicted molar refractivity (Wildman–Crippen MR) is 52.7 cm³/mol. The first-order chi connectivity index (χ1) is 5.74. The van der Waals surface area contributed by atoms with Gasteiger partial charge in [0.1, 0.15) is 5.82 Å². The third-order valence-corrected chi connectivity index (χ3v) is 2.41. The second-order valence-corrected chi connectivity index (χ2v) is 3.71. The van der Waals surface area contributed by atoms with Crippen LogP contribution in [0.5, 0.6) is 0 Å². The van der Waals surface area contributed by atoms with E-state index >= 15 is 0 Å². The molecule has 0 nitrogen and oxygen atoms in total. The molecule has 0 unspecified atom stereocenters. The molecule has 66 valence electrons. The van der Waals surface area contributed by atoms with Gasteiger partial charge >= 0.3 is 0 Å². The first-order valence-electron chi connectivity index (χ1n) is 4.18. The van der Waals surface area contributed by atoms with E-state index in [1.807, 2.05) is 12.1 Å². The standard InChI is InChI=1S/C10H12BrF/c1-2-3-4-8-5-6-10(12)9(11)7-8/h5-7H,2-4H2,1H3. The highest BCUT2D eigenvalue weighted by atomic mass is 79.9. The van der Waals surface area contributed by atoms with Gasteiger partial charge in [0.2, 0.25) is 0 Å². The molecule has 0 aliphatic carbocycles. The lowest BCUT2D eigenvalue weighted by molar-refractivity contribution is 0.619. The Morgan fingerprint density at radius 3 is 2.75 bits per heavy atom. The highest BCUT2D eigenvalue weighted by molar-refractivity contribution is 9.10. The molecule has 12 heavy (non-hydrogen) atoms. The number of benzene rings is 1. The molecule has 0 aromatic heterocycles. The molecule has 0 atom stereocenters. The summed E-state index contributed by atoms with van der Waals surface area (Å²) in [5.41, 5.74) is 1.20. The summed E-state index contributed by atoms with van der Waals surface area (Å²) < 4.78 is 13.3. The molecule has 1 rings (SSSR count). The van der Waals surface area contributed by atoms with E-state index in [1.54, 1.807) is 0 Å². The summed E-state index contributed by atoms with van der Waals surface area (Å²) >= 11 is 3.16. The minimum atomic E-state index is -0.185. The topological polar surface area (TPSA) is 0 Å². The van der Waals surface area contributed by atoms with Gasteiger partial charge in [0.05, 0.1) is 4.47 Å². The Hall–Kier alpha value is -0.370. The molecular weight excluding hydrogens is 219 g/mol. The van der Waals surface area contributed by atoms with Gasteiger partial charge < -0.3 is 0 Å². The molecule has 0 amide bonds. The summed E-state index contributed by atoms with van der Waals surface area (Å²) in [4.78, 5) is 0. The molecule has 0 radical (unpaired) electrons. The molecule has 0 aliphatic heterocycles. The van der Waals surface area contributed by atoms with E-state index in [1.165, 1.54) is 18.1 Å². The lowest BCUT2D eigenvalue weighted by atomic mass is 10.1. The Morgan fingerprint density at radius 2 is 2.17 bits per heavy atom. The summed E-state index contributed by atoms with van der Waals surface area (Å²) in [6.07, 6.45) is 3.38. The Labute approximate surface area is 80.9 Å². The van der Waals surface area contributed by atoms with Crippen LogP contribution in [0.3, 0.4) is 0 Å². The molecule has 0 saturated carbocycles. The Morgan fingerprint density at radius 1 is 1.42 bits per heavy atom. The molecule has 0 heterocycles. The first-order valence-corrected chi connectivity index (χ1v) is 4.97. The molecule has 0 aliphatic rings. The third kappa shape index (κ3) is 2.59. The van der Waals surface area contributed by atoms with Gasteiger partial charge in [-0.25, -0.2) is 4.39 Å². The number of hydrogen-bond donors (Lipinski definition) is 0. The fourth-order valence-electron chi connectivity index (χ4n) is 1.08. The monoisotopic (exact) mass is 230 g/mol. The molecule has 0 saturated heterocycles. The zero-order chi connectivity index (χ0) is 8.97. The van der Waals surface area contributed by atoms with Gasteiger partial charge in [-0.05, 0) is 46.5 Å². The Bertz CT molecular complexity index is 258. The van der Waals surface area contributed by atoms with Crippen molar-refractivity contribution in [1.82, 2.24) is 0 Å². The Balaban J connectivity index is 2.69. The van der Waals surface area contributed by atoms with Crippen LogP contribution in [0.25, 0.3) is 0 Å². The third-order valence-electron chi connectivity index (χ3n) is 1.80. The van der Waals surface area contributed by atoms with Crippen molar-refractivity contribution in [3.63, 3.8) is 0 Å². The van der Waals surface area contributed by atoms with E-state index in [0.717, 1.165) is 12.8 Å². The SMILES string of the molecule is CCCCc1ccc(F)c(Br)c1. The van der Waals surface area contributed by atoms with Gasteiger partial charge in [-0.15, -0.1) is 0 Å². The summed E-state index contributed by atoms with van der Waals surface area (Å²) in [6, 6.07) is 5.20. The van der Waals surface area contributed by atoms with Crippen molar-refractivity contribution in [2.45, 2.75) is 26.2 Å². The van der Waals surface area contributed by atoms with Gasteiger partial charge in [0.15, 0.2) is 0 Å². The van der Waals surface area contributed by atoms with Crippen LogP contribution in [-0.4, -0.2) is 0 Å². The minimum absolute atomic E-state index is 0.185. The molecular formula is C10H12BrF. The highest BCUT2D eigenvalue weighted by Gasteiger charge is 1.99. The lowest BCUT2D eigenvalue weighted by Gasteiger charge is -2.00. The van der Waals surface area contributed by atoms with Crippen LogP contribution in [0.15, 0.2) is 22.7 Å². The van der Waals surface area contributed by atoms with Crippen LogP contribution in [-0.2, 0) is 6.42 Å². The van der Waals surface area contributed by atoms with Crippen molar-refractivity contribution >= 4 is 15.9 Å². The van der Waals surface area contributed by atoms with Crippen LogP contribution in [0.2, 0.25) is 0 Å². The smallest absolute Gasteiger partial charge is 0.137 e. The van der Waals surface area contributed by atoms with Crippen LogP contribution in [0.4, 0.5) is 4.39 Å². The number of rotatable bonds is 3. The van der Waals surface area contributed by atoms with Crippen molar-refractivity contribution in [3.05, 3.63) is 34.1 Å². The normalized spacial score (nSPS) is 10.2. The van der Waals surface area contributed by atoms with Gasteiger partial charge in [-0.3, -0.25) is 0 Å². The average molecular weight is 231 g/mol. The van der Waals surface area contributed by atoms with Crippen LogP contribution >= 0.6 is 15.9 Å². The van der Waals surface area contributed by atoms with Crippen LogP contribution in [0, 0.1) is 5.82 Å². The van der Waals surface area contributed by atoms with Crippen molar-refractivity contribution in [2.24, 2.45) is 0 Å². The molecule has 0 N–H and O–H groups in total. The van der Waals surface area contributed by atoms with Gasteiger partial charge in [-0.1, -0.05) is 19.4 Å². The van der Waals surface area contributed by atoms with E-state index in [2.05, 4.69) is 22.9 Å². The number of hydrogen-bond acceptors (Lipinski definition) is 0. The van der Waals surface area contributed by atoms with E-state index in [0.29, 0.717) is 4.47 Å². The number of unbranched alkanes of at least 4 members (excludes halogenated alkanes) is 1. The lowest BCUT2D eigenvalue weighted by Crippen LogP contribution is -1.86. The molecule has 0 fully saturated rings. The summed E-state index contributed by atoms with van der Waals surface area (Å²) in [5, 5.41) is 0. The molecule has 0 bridgehead atoms. The fraction of sp³-hybridized carbons (Fsp3) is 0.400. The zero-order valence-electron chi connectivity index (χ0n) is 7.11. The quantitative estimate of drug-likeness (QED) is 0.739. The second-order valence-electron chi connectivity index (χ2n) is 2.85. The number of halogens is 2. The van der Waals surface area contributed by atoms with E-state index in [4.69, 9.17) is 0 Å². The molecule has 2 heteroatoms. The van der Waals surface area contributed by atoms with Crippen molar-refractivity contribution in [1.29, 1.82) is 0 Å². The maximum absolute atomic E-state index is 12.8. The minimum Gasteiger partial charge on any atom is -0.206 e. The van der Waals surface area contributed by atoms with E-state index in [9.17, 15) is 4.39 Å². The summed E-state index contributed by atoms with van der Waals surface area (Å²) in [7, 11) is 0. The van der Waals surface area contributed by atoms with Gasteiger partial charge in [0, 0.05) is 0 Å². The second kappa shape index (κ2) is 4.61. The summed E-state index contributed by atoms with van der Waals surface area (Å²) in [6.45, 7) is 2.15. The highest BCUT2D eigenvalue weighted by Crippen LogP contribution is 2.17. The van der Waals surface area contributed by atoms with Crippen LogP contribution < -0.4 is 0 Å². The maximum Gasteiger partial charge on any atom is 0.137 e. The van der Waals surface area contributed by atoms with Gasteiger partial charge in [0.25, 0.3) is 0 Å². The van der Waals surface area contributed by atoms with E-state index in [-0.39, 0.29) is 5.82 Å². The van der Waals surface area contributed by atoms with Crippen molar-refractivity contribution in [3.8, 4) is 0 Å². The molecule has 0 spiro atoms. The van der Waals surface area contributed by atoms with Gasteiger partial charge in [-0.2, -0.15) is 0 Å². The molecule has 1 aromatic carbocycles. The largest absolute Gasteiger partial charge is 0.206 e. The zero-order valence-corrected chi connectivity index (χ0v) is 8.70.